The lowest BCUT2D eigenvalue weighted by Crippen LogP contribution is -2.43. The molecule has 0 unspecified atom stereocenters. The number of amides is 2. The Balaban J connectivity index is 1.47. The van der Waals surface area contributed by atoms with E-state index in [1.165, 1.54) is 0 Å². The van der Waals surface area contributed by atoms with Gasteiger partial charge in [0.2, 0.25) is 5.91 Å². The Hall–Kier alpha value is -2.89. The predicted octanol–water partition coefficient (Wildman–Crippen LogP) is 3.33. The van der Waals surface area contributed by atoms with Crippen LogP contribution < -0.4 is 16.4 Å². The summed E-state index contributed by atoms with van der Waals surface area (Å²) >= 11 is 6.26. The molecule has 168 valence electrons. The van der Waals surface area contributed by atoms with Crippen molar-refractivity contribution < 1.29 is 9.59 Å². The second kappa shape index (κ2) is 9.31. The molecular weight excluding hydrogens is 428 g/mol. The average Bonchev–Trinajstić information content (AvgIpc) is 3.54. The normalized spacial score (nSPS) is 22.8. The summed E-state index contributed by atoms with van der Waals surface area (Å²) in [5.41, 5.74) is 6.23. The van der Waals surface area contributed by atoms with E-state index in [9.17, 15) is 14.9 Å². The topological polar surface area (TPSA) is 126 Å². The van der Waals surface area contributed by atoms with Gasteiger partial charge in [0.25, 0.3) is 5.91 Å². The Morgan fingerprint density at radius 3 is 2.59 bits per heavy atom. The Bertz CT molecular complexity index is 1050. The number of benzene rings is 1. The molecule has 2 saturated carbocycles. The molecule has 4 rings (SSSR count). The second-order valence-corrected chi connectivity index (χ2v) is 9.18. The van der Waals surface area contributed by atoms with Gasteiger partial charge in [0.15, 0.2) is 5.82 Å². The maximum atomic E-state index is 12.2. The highest BCUT2D eigenvalue weighted by Gasteiger charge is 2.39. The number of hydrogen-bond donors (Lipinski definition) is 3. The smallest absolute Gasteiger partial charge is 0.254 e. The minimum Gasteiger partial charge on any atom is -0.365 e. The summed E-state index contributed by atoms with van der Waals surface area (Å²) in [6, 6.07) is 10.3. The average molecular weight is 455 g/mol. The summed E-state index contributed by atoms with van der Waals surface area (Å²) in [4.78, 5) is 24.2. The van der Waals surface area contributed by atoms with Gasteiger partial charge in [-0.15, -0.1) is 0 Å². The van der Waals surface area contributed by atoms with Crippen molar-refractivity contribution >= 4 is 29.2 Å². The molecule has 0 radical (unpaired) electrons. The Morgan fingerprint density at radius 1 is 1.25 bits per heavy atom. The van der Waals surface area contributed by atoms with Gasteiger partial charge < -0.3 is 16.4 Å². The van der Waals surface area contributed by atoms with Gasteiger partial charge in [-0.05, 0) is 50.2 Å². The van der Waals surface area contributed by atoms with E-state index in [2.05, 4.69) is 21.8 Å². The van der Waals surface area contributed by atoms with Crippen LogP contribution >= 0.6 is 11.6 Å². The van der Waals surface area contributed by atoms with Gasteiger partial charge in [-0.25, -0.2) is 0 Å². The van der Waals surface area contributed by atoms with E-state index >= 15 is 0 Å². The number of aromatic nitrogens is 2. The van der Waals surface area contributed by atoms with E-state index in [0.29, 0.717) is 12.6 Å². The number of nitriles is 1. The Morgan fingerprint density at radius 2 is 1.97 bits per heavy atom. The quantitative estimate of drug-likeness (QED) is 0.564. The Kier molecular flexibility index (Phi) is 6.49. The minimum atomic E-state index is -0.649. The van der Waals surface area contributed by atoms with Crippen LogP contribution in [0.1, 0.15) is 60.9 Å². The zero-order valence-electron chi connectivity index (χ0n) is 17.8. The highest BCUT2D eigenvalue weighted by molar-refractivity contribution is 6.31. The lowest BCUT2D eigenvalue weighted by Gasteiger charge is -2.39. The van der Waals surface area contributed by atoms with Crippen molar-refractivity contribution in [1.29, 1.82) is 5.26 Å². The molecule has 8 nitrogen and oxygen atoms in total. The summed E-state index contributed by atoms with van der Waals surface area (Å²) < 4.78 is 1.68. The number of carbonyl (C=O) groups excluding carboxylic acids is 2. The largest absolute Gasteiger partial charge is 0.365 e. The van der Waals surface area contributed by atoms with Crippen LogP contribution in [0.2, 0.25) is 5.02 Å². The summed E-state index contributed by atoms with van der Waals surface area (Å²) in [5, 5.41) is 21.1. The molecule has 0 spiro atoms. The van der Waals surface area contributed by atoms with Crippen molar-refractivity contribution in [2.24, 2.45) is 11.7 Å². The first-order valence-electron chi connectivity index (χ1n) is 11.0. The van der Waals surface area contributed by atoms with E-state index in [1.807, 2.05) is 24.3 Å². The van der Waals surface area contributed by atoms with Crippen LogP contribution in [-0.2, 0) is 16.9 Å². The van der Waals surface area contributed by atoms with Crippen molar-refractivity contribution in [3.05, 3.63) is 46.6 Å². The van der Waals surface area contributed by atoms with Crippen LogP contribution in [-0.4, -0.2) is 27.6 Å². The molecule has 0 atom stereocenters. The predicted molar refractivity (Wildman–Crippen MR) is 121 cm³/mol. The molecule has 2 aliphatic rings. The van der Waals surface area contributed by atoms with Crippen LogP contribution in [0.5, 0.6) is 0 Å². The third-order valence-electron chi connectivity index (χ3n) is 6.52. The van der Waals surface area contributed by atoms with Crippen molar-refractivity contribution in [1.82, 2.24) is 15.1 Å². The van der Waals surface area contributed by atoms with Gasteiger partial charge in [0.05, 0.1) is 18.0 Å². The van der Waals surface area contributed by atoms with Crippen LogP contribution in [0.15, 0.2) is 30.5 Å². The maximum absolute atomic E-state index is 12.2. The number of nitrogens with two attached hydrogens (primary N) is 1. The molecule has 9 heteroatoms. The molecule has 2 fully saturated rings. The van der Waals surface area contributed by atoms with Gasteiger partial charge >= 0.3 is 0 Å². The number of primary amides is 1. The van der Waals surface area contributed by atoms with E-state index in [0.717, 1.165) is 49.1 Å². The van der Waals surface area contributed by atoms with Crippen LogP contribution in [0, 0.1) is 17.2 Å². The summed E-state index contributed by atoms with van der Waals surface area (Å²) in [7, 11) is 0. The number of hydrogen-bond acceptors (Lipinski definition) is 5. The highest BCUT2D eigenvalue weighted by Crippen LogP contribution is 2.39. The lowest BCUT2D eigenvalue weighted by molar-refractivity contribution is -0.117. The highest BCUT2D eigenvalue weighted by atomic mass is 35.5. The fourth-order valence-corrected chi connectivity index (χ4v) is 4.55. The Labute approximate surface area is 192 Å². The van der Waals surface area contributed by atoms with Crippen molar-refractivity contribution in [3.8, 4) is 6.07 Å². The molecule has 1 heterocycles. The van der Waals surface area contributed by atoms with Crippen LogP contribution in [0.4, 0.5) is 5.82 Å². The summed E-state index contributed by atoms with van der Waals surface area (Å²) in [5.74, 6) is -0.622. The summed E-state index contributed by atoms with van der Waals surface area (Å²) in [6.07, 6.45) is 6.68. The molecule has 0 saturated heterocycles. The molecule has 1 aromatic carbocycles. The number of nitrogens with zero attached hydrogens (tertiary/aromatic N) is 3. The molecule has 32 heavy (non-hydrogen) atoms. The lowest BCUT2D eigenvalue weighted by atomic mass is 9.77. The van der Waals surface area contributed by atoms with Gasteiger partial charge in [0.1, 0.15) is 5.56 Å². The molecule has 2 amide bonds. The first-order chi connectivity index (χ1) is 15.4. The van der Waals surface area contributed by atoms with Crippen molar-refractivity contribution in [2.45, 2.75) is 63.1 Å². The third-order valence-corrected chi connectivity index (χ3v) is 6.89. The molecule has 2 aromatic rings. The van der Waals surface area contributed by atoms with Gasteiger partial charge in [-0.2, -0.15) is 10.4 Å². The molecule has 2 aliphatic carbocycles. The molecule has 4 N–H and O–H groups in total. The first kappa shape index (κ1) is 22.3. The number of carbonyl (C=O) groups is 2. The summed E-state index contributed by atoms with van der Waals surface area (Å²) in [6.45, 7) is 0.681. The van der Waals surface area contributed by atoms with Gasteiger partial charge in [0, 0.05) is 29.7 Å². The monoisotopic (exact) mass is 454 g/mol. The van der Waals surface area contributed by atoms with Gasteiger partial charge in [-0.1, -0.05) is 29.8 Å². The van der Waals surface area contributed by atoms with E-state index in [-0.39, 0.29) is 29.6 Å². The van der Waals surface area contributed by atoms with E-state index < -0.39 is 11.4 Å². The maximum Gasteiger partial charge on any atom is 0.254 e. The molecule has 0 aliphatic heterocycles. The van der Waals surface area contributed by atoms with Crippen molar-refractivity contribution in [3.63, 3.8) is 0 Å². The fourth-order valence-electron chi connectivity index (χ4n) is 4.34. The third kappa shape index (κ3) is 4.79. The SMILES string of the molecule is N#CC[C@]1(n2cc(C(N)=O)c(NC(=O)C3CC3)n2)CC[C@H](NCc2ccccc2Cl)CC1. The number of anilines is 1. The minimum absolute atomic E-state index is 0.0198. The van der Waals surface area contributed by atoms with Crippen LogP contribution in [0.3, 0.4) is 0 Å². The van der Waals surface area contributed by atoms with Crippen molar-refractivity contribution in [2.75, 3.05) is 5.32 Å². The van der Waals surface area contributed by atoms with E-state index in [4.69, 9.17) is 17.3 Å². The molecular formula is C23H27ClN6O2. The van der Waals surface area contributed by atoms with Gasteiger partial charge in [-0.3, -0.25) is 14.3 Å². The molecule has 1 aromatic heterocycles. The molecule has 0 bridgehead atoms. The van der Waals surface area contributed by atoms with E-state index in [1.54, 1.807) is 10.9 Å². The fraction of sp³-hybridized carbons (Fsp3) is 0.478. The number of rotatable bonds is 8. The zero-order valence-corrected chi connectivity index (χ0v) is 18.6. The number of nitrogens with one attached hydrogen (secondary N) is 2. The second-order valence-electron chi connectivity index (χ2n) is 8.77. The van der Waals surface area contributed by atoms with Crippen LogP contribution in [0.25, 0.3) is 0 Å². The standard InChI is InChI=1S/C23H27ClN6O2/c24-19-4-2-1-3-16(19)13-27-17-7-9-23(10-8-17,11-12-25)30-14-18(20(26)31)21(29-30)28-22(32)15-5-6-15/h1-4,14-15,17,27H,5-11,13H2,(H2,26,31)(H,28,29,32)/t17-,23-. The number of halogens is 1. The first-order valence-corrected chi connectivity index (χ1v) is 11.3. The zero-order chi connectivity index (χ0) is 22.7.